The molecule has 0 heterocycles. The van der Waals surface area contributed by atoms with Crippen molar-refractivity contribution in [2.75, 3.05) is 5.32 Å². The molecule has 3 nitrogen and oxygen atoms in total. The quantitative estimate of drug-likeness (QED) is 0.878. The van der Waals surface area contributed by atoms with E-state index < -0.39 is 11.8 Å². The third kappa shape index (κ3) is 3.71. The van der Waals surface area contributed by atoms with Crippen LogP contribution in [0.1, 0.15) is 11.1 Å². The molecule has 5 heteroatoms. The van der Waals surface area contributed by atoms with Crippen LogP contribution in [0.3, 0.4) is 0 Å². The van der Waals surface area contributed by atoms with Crippen LogP contribution in [0.4, 0.5) is 14.9 Å². The summed E-state index contributed by atoms with van der Waals surface area (Å²) in [5.41, 5.74) is 2.09. The minimum Gasteiger partial charge on any atom is -0.334 e. The Hall–Kier alpha value is -2.07. The van der Waals surface area contributed by atoms with Gasteiger partial charge in [0.05, 0.1) is 10.7 Å². The number of nitrogens with one attached hydrogen (secondary N) is 2. The van der Waals surface area contributed by atoms with Gasteiger partial charge in [-0.05, 0) is 24.6 Å². The summed E-state index contributed by atoms with van der Waals surface area (Å²) in [5, 5.41) is 5.21. The molecule has 2 N–H and O–H groups in total. The van der Waals surface area contributed by atoms with E-state index >= 15 is 0 Å². The molecule has 0 saturated heterocycles. The number of amides is 2. The Morgan fingerprint density at radius 1 is 1.20 bits per heavy atom. The van der Waals surface area contributed by atoms with Crippen LogP contribution in [0.2, 0.25) is 5.02 Å². The van der Waals surface area contributed by atoms with Gasteiger partial charge in [0.15, 0.2) is 0 Å². The van der Waals surface area contributed by atoms with Crippen molar-refractivity contribution in [1.29, 1.82) is 0 Å². The van der Waals surface area contributed by atoms with Crippen LogP contribution >= 0.6 is 11.6 Å². The molecule has 0 aliphatic carbocycles. The van der Waals surface area contributed by atoms with E-state index in [4.69, 9.17) is 11.6 Å². The molecule has 2 amide bonds. The lowest BCUT2D eigenvalue weighted by Crippen LogP contribution is -2.28. The second kappa shape index (κ2) is 6.39. The van der Waals surface area contributed by atoms with Crippen LogP contribution in [0, 0.1) is 12.7 Å². The molecule has 0 aliphatic rings. The van der Waals surface area contributed by atoms with Gasteiger partial charge in [0.25, 0.3) is 0 Å². The van der Waals surface area contributed by atoms with E-state index in [2.05, 4.69) is 10.6 Å². The van der Waals surface area contributed by atoms with Crippen molar-refractivity contribution in [2.24, 2.45) is 0 Å². The van der Waals surface area contributed by atoms with Gasteiger partial charge in [-0.15, -0.1) is 0 Å². The van der Waals surface area contributed by atoms with Gasteiger partial charge in [-0.25, -0.2) is 9.18 Å². The van der Waals surface area contributed by atoms with Crippen molar-refractivity contribution in [2.45, 2.75) is 13.5 Å². The standard InChI is InChI=1S/C15H14ClFN2O/c1-10-5-7-11(8-6-10)9-18-15(20)19-14-12(16)3-2-4-13(14)17/h2-8H,9H2,1H3,(H2,18,19,20). The van der Waals surface area contributed by atoms with Crippen molar-refractivity contribution < 1.29 is 9.18 Å². The van der Waals surface area contributed by atoms with Gasteiger partial charge in [0.1, 0.15) is 5.82 Å². The minimum atomic E-state index is -0.567. The van der Waals surface area contributed by atoms with E-state index in [-0.39, 0.29) is 10.7 Å². The molecule has 0 atom stereocenters. The molecular formula is C15H14ClFN2O. The molecule has 2 aromatic carbocycles. The molecule has 104 valence electrons. The predicted octanol–water partition coefficient (Wildman–Crippen LogP) is 4.11. The second-order valence-electron chi connectivity index (χ2n) is 4.39. The second-order valence-corrected chi connectivity index (χ2v) is 4.80. The number of halogens is 2. The third-order valence-electron chi connectivity index (χ3n) is 2.77. The first kappa shape index (κ1) is 14.3. The Balaban J connectivity index is 1.94. The lowest BCUT2D eigenvalue weighted by Gasteiger charge is -2.10. The summed E-state index contributed by atoms with van der Waals surface area (Å²) in [7, 11) is 0. The van der Waals surface area contributed by atoms with E-state index in [1.807, 2.05) is 31.2 Å². The fourth-order valence-electron chi connectivity index (χ4n) is 1.66. The average molecular weight is 293 g/mol. The molecule has 0 aromatic heterocycles. The normalized spacial score (nSPS) is 10.2. The summed E-state index contributed by atoms with van der Waals surface area (Å²) in [6.45, 7) is 2.35. The molecule has 2 rings (SSSR count). The molecule has 0 aliphatic heterocycles. The average Bonchev–Trinajstić information content (AvgIpc) is 2.42. The van der Waals surface area contributed by atoms with Gasteiger partial charge in [-0.2, -0.15) is 0 Å². The number of carbonyl (C=O) groups excluding carboxylic acids is 1. The molecule has 0 bridgehead atoms. The largest absolute Gasteiger partial charge is 0.334 e. The minimum absolute atomic E-state index is 0.0180. The number of benzene rings is 2. The monoisotopic (exact) mass is 292 g/mol. The first-order valence-electron chi connectivity index (χ1n) is 6.10. The van der Waals surface area contributed by atoms with Crippen LogP contribution in [-0.4, -0.2) is 6.03 Å². The number of hydrogen-bond donors (Lipinski definition) is 2. The van der Waals surface area contributed by atoms with Crippen LogP contribution in [-0.2, 0) is 6.54 Å². The fourth-order valence-corrected chi connectivity index (χ4v) is 1.87. The van der Waals surface area contributed by atoms with Crippen LogP contribution in [0.5, 0.6) is 0 Å². The summed E-state index contributed by atoms with van der Waals surface area (Å²) in [4.78, 5) is 11.7. The zero-order valence-corrected chi connectivity index (χ0v) is 11.7. The SMILES string of the molecule is Cc1ccc(CNC(=O)Nc2c(F)cccc2Cl)cc1. The molecule has 0 spiro atoms. The smallest absolute Gasteiger partial charge is 0.319 e. The van der Waals surface area contributed by atoms with E-state index in [1.165, 1.54) is 18.2 Å². The summed E-state index contributed by atoms with van der Waals surface area (Å²) in [6.07, 6.45) is 0. The highest BCUT2D eigenvalue weighted by molar-refractivity contribution is 6.33. The van der Waals surface area contributed by atoms with Crippen LogP contribution in [0.15, 0.2) is 42.5 Å². The third-order valence-corrected chi connectivity index (χ3v) is 3.09. The molecule has 0 fully saturated rings. The summed E-state index contributed by atoms with van der Waals surface area (Å²) in [5.74, 6) is -0.567. The number of rotatable bonds is 3. The lowest BCUT2D eigenvalue weighted by atomic mass is 10.1. The maximum absolute atomic E-state index is 13.5. The van der Waals surface area contributed by atoms with Gasteiger partial charge < -0.3 is 10.6 Å². The van der Waals surface area contributed by atoms with Crippen molar-refractivity contribution >= 4 is 23.3 Å². The Morgan fingerprint density at radius 3 is 2.55 bits per heavy atom. The highest BCUT2D eigenvalue weighted by atomic mass is 35.5. The zero-order chi connectivity index (χ0) is 14.5. The maximum Gasteiger partial charge on any atom is 0.319 e. The molecular weight excluding hydrogens is 279 g/mol. The zero-order valence-electron chi connectivity index (χ0n) is 10.9. The molecule has 0 unspecified atom stereocenters. The van der Waals surface area contributed by atoms with Crippen LogP contribution in [0.25, 0.3) is 0 Å². The van der Waals surface area contributed by atoms with E-state index in [0.29, 0.717) is 6.54 Å². The first-order chi connectivity index (χ1) is 9.56. The van der Waals surface area contributed by atoms with E-state index in [9.17, 15) is 9.18 Å². The number of aryl methyl sites for hydroxylation is 1. The van der Waals surface area contributed by atoms with Gasteiger partial charge in [-0.3, -0.25) is 0 Å². The number of anilines is 1. The van der Waals surface area contributed by atoms with Gasteiger partial charge >= 0.3 is 6.03 Å². The number of hydrogen-bond acceptors (Lipinski definition) is 1. The summed E-state index contributed by atoms with van der Waals surface area (Å²) < 4.78 is 13.5. The number of carbonyl (C=O) groups is 1. The van der Waals surface area contributed by atoms with Crippen molar-refractivity contribution in [1.82, 2.24) is 5.32 Å². The lowest BCUT2D eigenvalue weighted by molar-refractivity contribution is 0.251. The van der Waals surface area contributed by atoms with Crippen molar-refractivity contribution in [3.63, 3.8) is 0 Å². The predicted molar refractivity (Wildman–Crippen MR) is 78.4 cm³/mol. The highest BCUT2D eigenvalue weighted by Crippen LogP contribution is 2.24. The Morgan fingerprint density at radius 2 is 1.90 bits per heavy atom. The number of urea groups is 1. The van der Waals surface area contributed by atoms with Gasteiger partial charge in [0.2, 0.25) is 0 Å². The summed E-state index contributed by atoms with van der Waals surface area (Å²) >= 11 is 5.83. The molecule has 2 aromatic rings. The Bertz CT molecular complexity index is 594. The van der Waals surface area contributed by atoms with Gasteiger partial charge in [0, 0.05) is 6.54 Å². The molecule has 0 saturated carbocycles. The Kier molecular flexibility index (Phi) is 4.58. The summed E-state index contributed by atoms with van der Waals surface area (Å²) in [6, 6.07) is 11.5. The van der Waals surface area contributed by atoms with E-state index in [0.717, 1.165) is 11.1 Å². The fraction of sp³-hybridized carbons (Fsp3) is 0.133. The number of para-hydroxylation sites is 1. The topological polar surface area (TPSA) is 41.1 Å². The van der Waals surface area contributed by atoms with Gasteiger partial charge in [-0.1, -0.05) is 47.5 Å². The highest BCUT2D eigenvalue weighted by Gasteiger charge is 2.10. The van der Waals surface area contributed by atoms with Crippen molar-refractivity contribution in [3.8, 4) is 0 Å². The van der Waals surface area contributed by atoms with E-state index in [1.54, 1.807) is 0 Å². The maximum atomic E-state index is 13.5. The molecule has 0 radical (unpaired) electrons. The van der Waals surface area contributed by atoms with Crippen molar-refractivity contribution in [3.05, 3.63) is 64.4 Å². The van der Waals surface area contributed by atoms with Crippen LogP contribution < -0.4 is 10.6 Å². The molecule has 20 heavy (non-hydrogen) atoms. The first-order valence-corrected chi connectivity index (χ1v) is 6.48. The Labute approximate surface area is 121 Å².